The molecule has 1 atom stereocenters. The summed E-state index contributed by atoms with van der Waals surface area (Å²) in [5.74, 6) is 0.0367. The lowest BCUT2D eigenvalue weighted by Crippen LogP contribution is -2.29. The highest BCUT2D eigenvalue weighted by Crippen LogP contribution is 2.21. The van der Waals surface area contributed by atoms with Crippen LogP contribution in [0.4, 0.5) is 14.6 Å². The SMILES string of the molecule is Cc1nn(C)c(N(C)C)c1CN[C@H](C)Cc1c(F)cccc1F. The summed E-state index contributed by atoms with van der Waals surface area (Å²) in [6, 6.07) is 3.91. The Bertz CT molecular complexity index is 659. The van der Waals surface area contributed by atoms with E-state index in [1.54, 1.807) is 0 Å². The molecule has 0 bridgehead atoms. The Morgan fingerprint density at radius 3 is 2.39 bits per heavy atom. The van der Waals surface area contributed by atoms with Crippen LogP contribution in [0.2, 0.25) is 0 Å². The quantitative estimate of drug-likeness (QED) is 0.888. The van der Waals surface area contributed by atoms with E-state index in [-0.39, 0.29) is 11.6 Å². The fourth-order valence-corrected chi connectivity index (χ4v) is 2.84. The predicted octanol–water partition coefficient (Wildman–Crippen LogP) is 2.79. The maximum absolute atomic E-state index is 13.7. The van der Waals surface area contributed by atoms with Crippen LogP contribution in [-0.4, -0.2) is 29.9 Å². The zero-order chi connectivity index (χ0) is 17.1. The van der Waals surface area contributed by atoms with E-state index in [4.69, 9.17) is 0 Å². The Balaban J connectivity index is 2.07. The summed E-state index contributed by atoms with van der Waals surface area (Å²) in [6.07, 6.45) is 0.301. The molecule has 6 heteroatoms. The first-order valence-corrected chi connectivity index (χ1v) is 7.67. The van der Waals surface area contributed by atoms with E-state index in [9.17, 15) is 8.78 Å². The normalized spacial score (nSPS) is 12.5. The van der Waals surface area contributed by atoms with Gasteiger partial charge in [0, 0.05) is 44.9 Å². The van der Waals surface area contributed by atoms with Crippen LogP contribution >= 0.6 is 0 Å². The van der Waals surface area contributed by atoms with Crippen LogP contribution in [0.25, 0.3) is 0 Å². The van der Waals surface area contributed by atoms with E-state index in [1.807, 2.05) is 44.6 Å². The Morgan fingerprint density at radius 2 is 1.83 bits per heavy atom. The van der Waals surface area contributed by atoms with Gasteiger partial charge in [-0.1, -0.05) is 6.07 Å². The van der Waals surface area contributed by atoms with Gasteiger partial charge in [0.1, 0.15) is 17.5 Å². The molecule has 0 aliphatic carbocycles. The van der Waals surface area contributed by atoms with Gasteiger partial charge < -0.3 is 10.2 Å². The lowest BCUT2D eigenvalue weighted by atomic mass is 10.1. The monoisotopic (exact) mass is 322 g/mol. The molecule has 0 spiro atoms. The molecule has 0 unspecified atom stereocenters. The van der Waals surface area contributed by atoms with E-state index in [1.165, 1.54) is 18.2 Å². The molecular weight excluding hydrogens is 298 g/mol. The highest BCUT2D eigenvalue weighted by atomic mass is 19.1. The third-order valence-electron chi connectivity index (χ3n) is 3.94. The molecule has 0 radical (unpaired) electrons. The lowest BCUT2D eigenvalue weighted by Gasteiger charge is -2.18. The van der Waals surface area contributed by atoms with Crippen molar-refractivity contribution in [1.82, 2.24) is 15.1 Å². The molecule has 23 heavy (non-hydrogen) atoms. The van der Waals surface area contributed by atoms with Gasteiger partial charge in [-0.05, 0) is 32.4 Å². The second-order valence-corrected chi connectivity index (χ2v) is 6.09. The van der Waals surface area contributed by atoms with Crippen molar-refractivity contribution in [2.45, 2.75) is 32.9 Å². The average molecular weight is 322 g/mol. The fraction of sp³-hybridized carbons (Fsp3) is 0.471. The highest BCUT2D eigenvalue weighted by Gasteiger charge is 2.17. The number of nitrogens with zero attached hydrogens (tertiary/aromatic N) is 3. The first-order valence-electron chi connectivity index (χ1n) is 7.67. The summed E-state index contributed by atoms with van der Waals surface area (Å²) in [5.41, 5.74) is 2.18. The largest absolute Gasteiger partial charge is 0.363 e. The molecule has 2 aromatic rings. The van der Waals surface area contributed by atoms with Crippen molar-refractivity contribution in [3.05, 3.63) is 46.7 Å². The smallest absolute Gasteiger partial charge is 0.130 e. The van der Waals surface area contributed by atoms with E-state index in [0.717, 1.165) is 17.1 Å². The molecule has 1 heterocycles. The molecule has 0 fully saturated rings. The zero-order valence-electron chi connectivity index (χ0n) is 14.3. The van der Waals surface area contributed by atoms with Crippen LogP contribution in [0, 0.1) is 18.6 Å². The molecule has 1 aromatic carbocycles. The Labute approximate surface area is 136 Å². The lowest BCUT2D eigenvalue weighted by molar-refractivity contribution is 0.499. The number of aryl methyl sites for hydroxylation is 2. The number of anilines is 1. The number of rotatable bonds is 6. The molecule has 0 aliphatic heterocycles. The Hall–Kier alpha value is -1.95. The zero-order valence-corrected chi connectivity index (χ0v) is 14.3. The van der Waals surface area contributed by atoms with Gasteiger partial charge in [0.2, 0.25) is 0 Å². The van der Waals surface area contributed by atoms with Crippen molar-refractivity contribution in [1.29, 1.82) is 0 Å². The summed E-state index contributed by atoms with van der Waals surface area (Å²) in [7, 11) is 5.85. The van der Waals surface area contributed by atoms with E-state index in [2.05, 4.69) is 10.4 Å². The predicted molar refractivity (Wildman–Crippen MR) is 88.6 cm³/mol. The van der Waals surface area contributed by atoms with Crippen molar-refractivity contribution in [3.8, 4) is 0 Å². The van der Waals surface area contributed by atoms with Crippen molar-refractivity contribution in [2.75, 3.05) is 19.0 Å². The number of hydrogen-bond donors (Lipinski definition) is 1. The second kappa shape index (κ2) is 7.08. The van der Waals surface area contributed by atoms with Crippen molar-refractivity contribution >= 4 is 5.82 Å². The van der Waals surface area contributed by atoms with Crippen LogP contribution < -0.4 is 10.2 Å². The molecule has 1 aromatic heterocycles. The first kappa shape index (κ1) is 17.4. The van der Waals surface area contributed by atoms with Gasteiger partial charge in [-0.3, -0.25) is 4.68 Å². The molecule has 2 rings (SSSR count). The van der Waals surface area contributed by atoms with Crippen LogP contribution in [0.3, 0.4) is 0 Å². The van der Waals surface area contributed by atoms with Gasteiger partial charge in [0.15, 0.2) is 0 Å². The number of benzene rings is 1. The standard InChI is InChI=1S/C17H24F2N4/c1-11(9-13-15(18)7-6-8-16(13)19)20-10-14-12(2)21-23(5)17(14)22(3)4/h6-8,11,20H,9-10H2,1-5H3/t11-/m1/s1. The highest BCUT2D eigenvalue weighted by molar-refractivity contribution is 5.48. The molecule has 0 amide bonds. The number of aromatic nitrogens is 2. The van der Waals surface area contributed by atoms with E-state index < -0.39 is 11.6 Å². The molecular formula is C17H24F2N4. The Morgan fingerprint density at radius 1 is 1.22 bits per heavy atom. The van der Waals surface area contributed by atoms with Gasteiger partial charge in [-0.15, -0.1) is 0 Å². The van der Waals surface area contributed by atoms with Crippen LogP contribution in [0.5, 0.6) is 0 Å². The average Bonchev–Trinajstić information content (AvgIpc) is 2.75. The summed E-state index contributed by atoms with van der Waals surface area (Å²) in [5, 5.41) is 7.78. The molecule has 0 saturated carbocycles. The topological polar surface area (TPSA) is 33.1 Å². The molecule has 0 aliphatic rings. The van der Waals surface area contributed by atoms with Crippen molar-refractivity contribution in [2.24, 2.45) is 7.05 Å². The molecule has 1 N–H and O–H groups in total. The minimum atomic E-state index is -0.495. The van der Waals surface area contributed by atoms with Crippen molar-refractivity contribution < 1.29 is 8.78 Å². The van der Waals surface area contributed by atoms with E-state index >= 15 is 0 Å². The molecule has 126 valence electrons. The minimum Gasteiger partial charge on any atom is -0.363 e. The number of nitrogens with one attached hydrogen (secondary N) is 1. The van der Waals surface area contributed by atoms with Gasteiger partial charge >= 0.3 is 0 Å². The fourth-order valence-electron chi connectivity index (χ4n) is 2.84. The second-order valence-electron chi connectivity index (χ2n) is 6.09. The van der Waals surface area contributed by atoms with Gasteiger partial charge in [0.05, 0.1) is 5.69 Å². The third kappa shape index (κ3) is 3.88. The maximum Gasteiger partial charge on any atom is 0.130 e. The van der Waals surface area contributed by atoms with Gasteiger partial charge in [-0.2, -0.15) is 5.10 Å². The summed E-state index contributed by atoms with van der Waals surface area (Å²) >= 11 is 0. The summed E-state index contributed by atoms with van der Waals surface area (Å²) in [4.78, 5) is 2.01. The minimum absolute atomic E-state index is 0.0592. The molecule has 0 saturated heterocycles. The number of halogens is 2. The maximum atomic E-state index is 13.7. The summed E-state index contributed by atoms with van der Waals surface area (Å²) in [6.45, 7) is 4.49. The Kier molecular flexibility index (Phi) is 5.36. The first-order chi connectivity index (χ1) is 10.8. The van der Waals surface area contributed by atoms with Gasteiger partial charge in [0.25, 0.3) is 0 Å². The van der Waals surface area contributed by atoms with Gasteiger partial charge in [-0.25, -0.2) is 8.78 Å². The van der Waals surface area contributed by atoms with Crippen LogP contribution in [-0.2, 0) is 20.0 Å². The van der Waals surface area contributed by atoms with Crippen LogP contribution in [0.1, 0.15) is 23.7 Å². The molecule has 4 nitrogen and oxygen atoms in total. The van der Waals surface area contributed by atoms with E-state index in [0.29, 0.717) is 13.0 Å². The third-order valence-corrected chi connectivity index (χ3v) is 3.94. The van der Waals surface area contributed by atoms with Crippen molar-refractivity contribution in [3.63, 3.8) is 0 Å². The van der Waals surface area contributed by atoms with Crippen LogP contribution in [0.15, 0.2) is 18.2 Å². The number of hydrogen-bond acceptors (Lipinski definition) is 3. The summed E-state index contributed by atoms with van der Waals surface area (Å²) < 4.78 is 29.3.